The number of likely N-dealkylation sites (N-methyl/N-ethyl adjacent to an activating group) is 1. The van der Waals surface area contributed by atoms with Crippen molar-refractivity contribution in [1.82, 2.24) is 16.0 Å². The van der Waals surface area contributed by atoms with Crippen LogP contribution < -0.4 is 16.0 Å². The fourth-order valence-corrected chi connectivity index (χ4v) is 2.18. The van der Waals surface area contributed by atoms with Crippen LogP contribution in [-0.4, -0.2) is 38.0 Å². The molecule has 130 valence electrons. The van der Waals surface area contributed by atoms with E-state index in [0.29, 0.717) is 18.7 Å². The molecule has 0 aromatic heterocycles. The lowest BCUT2D eigenvalue weighted by molar-refractivity contribution is -0.121. The van der Waals surface area contributed by atoms with Gasteiger partial charge in [0.25, 0.3) is 5.91 Å². The smallest absolute Gasteiger partial charge is 0.251 e. The highest BCUT2D eigenvalue weighted by Gasteiger charge is 2.08. The Morgan fingerprint density at radius 2 is 1.75 bits per heavy atom. The Kier molecular flexibility index (Phi) is 8.22. The summed E-state index contributed by atoms with van der Waals surface area (Å²) < 4.78 is 0. The molecule has 2 rings (SSSR count). The van der Waals surface area contributed by atoms with Crippen LogP contribution in [0.1, 0.15) is 23.7 Å². The SMILES string of the molecule is CNC(C)CNC(=O)CCNC(=O)c1ccc2ccccc2c1.Cl. The van der Waals surface area contributed by atoms with Gasteiger partial charge in [0.15, 0.2) is 0 Å². The lowest BCUT2D eigenvalue weighted by Crippen LogP contribution is -2.38. The van der Waals surface area contributed by atoms with E-state index in [2.05, 4.69) is 16.0 Å². The van der Waals surface area contributed by atoms with Gasteiger partial charge in [0.05, 0.1) is 0 Å². The van der Waals surface area contributed by atoms with Crippen molar-refractivity contribution in [3.05, 3.63) is 48.0 Å². The molecule has 1 atom stereocenters. The third-order valence-corrected chi connectivity index (χ3v) is 3.75. The van der Waals surface area contributed by atoms with Gasteiger partial charge in [0, 0.05) is 31.1 Å². The lowest BCUT2D eigenvalue weighted by Gasteiger charge is -2.11. The van der Waals surface area contributed by atoms with E-state index >= 15 is 0 Å². The normalized spacial score (nSPS) is 11.4. The number of carbonyl (C=O) groups excluding carboxylic acids is 2. The number of hydrogen-bond acceptors (Lipinski definition) is 3. The van der Waals surface area contributed by atoms with E-state index in [4.69, 9.17) is 0 Å². The van der Waals surface area contributed by atoms with Gasteiger partial charge >= 0.3 is 0 Å². The predicted molar refractivity (Wildman–Crippen MR) is 99.7 cm³/mol. The quantitative estimate of drug-likeness (QED) is 0.717. The first kappa shape index (κ1) is 19.9. The monoisotopic (exact) mass is 349 g/mol. The van der Waals surface area contributed by atoms with Gasteiger partial charge in [-0.05, 0) is 36.9 Å². The maximum absolute atomic E-state index is 12.1. The Balaban J connectivity index is 0.00000288. The second-order valence-electron chi connectivity index (χ2n) is 5.56. The van der Waals surface area contributed by atoms with E-state index in [1.807, 2.05) is 50.4 Å². The minimum Gasteiger partial charge on any atom is -0.354 e. The zero-order valence-corrected chi connectivity index (χ0v) is 14.8. The predicted octanol–water partition coefficient (Wildman–Crippen LogP) is 2.11. The summed E-state index contributed by atoms with van der Waals surface area (Å²) in [6.07, 6.45) is 0.274. The standard InChI is InChI=1S/C18H23N3O2.ClH/c1-13(19-2)12-21-17(22)9-10-20-18(23)16-8-7-14-5-3-4-6-15(14)11-16;/h3-8,11,13,19H,9-10,12H2,1-2H3,(H,20,23)(H,21,22);1H. The maximum Gasteiger partial charge on any atom is 0.251 e. The molecule has 0 aliphatic heterocycles. The van der Waals surface area contributed by atoms with Crippen molar-refractivity contribution in [2.45, 2.75) is 19.4 Å². The van der Waals surface area contributed by atoms with Gasteiger partial charge in [0.2, 0.25) is 5.91 Å². The molecular weight excluding hydrogens is 326 g/mol. The molecule has 0 heterocycles. The van der Waals surface area contributed by atoms with Gasteiger partial charge in [-0.15, -0.1) is 12.4 Å². The number of amides is 2. The number of carbonyl (C=O) groups is 2. The van der Waals surface area contributed by atoms with Crippen LogP contribution >= 0.6 is 12.4 Å². The summed E-state index contributed by atoms with van der Waals surface area (Å²) in [5.41, 5.74) is 0.605. The van der Waals surface area contributed by atoms with E-state index in [1.54, 1.807) is 6.07 Å². The van der Waals surface area contributed by atoms with E-state index < -0.39 is 0 Å². The van der Waals surface area contributed by atoms with Crippen molar-refractivity contribution in [2.75, 3.05) is 20.1 Å². The second-order valence-corrected chi connectivity index (χ2v) is 5.56. The summed E-state index contributed by atoms with van der Waals surface area (Å²) in [5.74, 6) is -0.224. The van der Waals surface area contributed by atoms with Gasteiger partial charge in [-0.25, -0.2) is 0 Å². The van der Waals surface area contributed by atoms with Gasteiger partial charge in [0.1, 0.15) is 0 Å². The maximum atomic E-state index is 12.1. The number of fused-ring (bicyclic) bond motifs is 1. The molecule has 0 aliphatic rings. The molecule has 0 fully saturated rings. The molecule has 0 saturated carbocycles. The van der Waals surface area contributed by atoms with Gasteiger partial charge in [-0.1, -0.05) is 30.3 Å². The summed E-state index contributed by atoms with van der Waals surface area (Å²) in [7, 11) is 1.85. The van der Waals surface area contributed by atoms with E-state index in [0.717, 1.165) is 10.8 Å². The van der Waals surface area contributed by atoms with Crippen LogP contribution in [0.3, 0.4) is 0 Å². The third-order valence-electron chi connectivity index (χ3n) is 3.75. The van der Waals surface area contributed by atoms with Crippen LogP contribution in [0.2, 0.25) is 0 Å². The molecule has 0 saturated heterocycles. The molecule has 1 unspecified atom stereocenters. The number of halogens is 1. The first-order valence-corrected chi connectivity index (χ1v) is 7.81. The Morgan fingerprint density at radius 3 is 2.46 bits per heavy atom. The first-order chi connectivity index (χ1) is 11.1. The largest absolute Gasteiger partial charge is 0.354 e. The third kappa shape index (κ3) is 5.83. The molecule has 6 heteroatoms. The summed E-state index contributed by atoms with van der Waals surface area (Å²) in [5, 5.41) is 10.8. The highest BCUT2D eigenvalue weighted by Crippen LogP contribution is 2.15. The number of rotatable bonds is 7. The Bertz CT molecular complexity index is 691. The van der Waals surface area contributed by atoms with Gasteiger partial charge in [-0.3, -0.25) is 9.59 Å². The second kappa shape index (κ2) is 9.90. The highest BCUT2D eigenvalue weighted by atomic mass is 35.5. The Hall–Kier alpha value is -2.11. The van der Waals surface area contributed by atoms with Crippen LogP contribution in [0.15, 0.2) is 42.5 Å². The van der Waals surface area contributed by atoms with Gasteiger partial charge < -0.3 is 16.0 Å². The van der Waals surface area contributed by atoms with E-state index in [-0.39, 0.29) is 36.7 Å². The Labute approximate surface area is 148 Å². The molecule has 2 amide bonds. The molecule has 5 nitrogen and oxygen atoms in total. The fraction of sp³-hybridized carbons (Fsp3) is 0.333. The molecule has 0 aliphatic carbocycles. The van der Waals surface area contributed by atoms with Crippen LogP contribution in [0.4, 0.5) is 0 Å². The average molecular weight is 350 g/mol. The van der Waals surface area contributed by atoms with Crippen molar-refractivity contribution in [3.63, 3.8) is 0 Å². The van der Waals surface area contributed by atoms with Crippen LogP contribution in [-0.2, 0) is 4.79 Å². The average Bonchev–Trinajstić information content (AvgIpc) is 2.59. The number of nitrogens with one attached hydrogen (secondary N) is 3. The minimum atomic E-state index is -0.160. The minimum absolute atomic E-state index is 0. The van der Waals surface area contributed by atoms with E-state index in [9.17, 15) is 9.59 Å². The van der Waals surface area contributed by atoms with Crippen LogP contribution in [0, 0.1) is 0 Å². The summed E-state index contributed by atoms with van der Waals surface area (Å²) in [6, 6.07) is 13.7. The Morgan fingerprint density at radius 1 is 1.04 bits per heavy atom. The number of benzene rings is 2. The zero-order valence-electron chi connectivity index (χ0n) is 14.0. The lowest BCUT2D eigenvalue weighted by atomic mass is 10.1. The molecule has 0 radical (unpaired) electrons. The molecule has 0 spiro atoms. The molecule has 0 bridgehead atoms. The molecular formula is C18H24ClN3O2. The first-order valence-electron chi connectivity index (χ1n) is 7.81. The van der Waals surface area contributed by atoms with Crippen molar-refractivity contribution in [3.8, 4) is 0 Å². The topological polar surface area (TPSA) is 70.2 Å². The summed E-state index contributed by atoms with van der Waals surface area (Å²) in [6.45, 7) is 2.89. The van der Waals surface area contributed by atoms with E-state index in [1.165, 1.54) is 0 Å². The number of hydrogen-bond donors (Lipinski definition) is 3. The van der Waals surface area contributed by atoms with Crippen molar-refractivity contribution in [1.29, 1.82) is 0 Å². The summed E-state index contributed by atoms with van der Waals surface area (Å²) >= 11 is 0. The fourth-order valence-electron chi connectivity index (χ4n) is 2.18. The van der Waals surface area contributed by atoms with Gasteiger partial charge in [-0.2, -0.15) is 0 Å². The van der Waals surface area contributed by atoms with Crippen molar-refractivity contribution >= 4 is 35.0 Å². The summed E-state index contributed by atoms with van der Waals surface area (Å²) in [4.78, 5) is 23.8. The van der Waals surface area contributed by atoms with Crippen LogP contribution in [0.5, 0.6) is 0 Å². The molecule has 24 heavy (non-hydrogen) atoms. The molecule has 2 aromatic rings. The van der Waals surface area contributed by atoms with Crippen molar-refractivity contribution in [2.24, 2.45) is 0 Å². The molecule has 3 N–H and O–H groups in total. The zero-order chi connectivity index (χ0) is 16.7. The highest BCUT2D eigenvalue weighted by molar-refractivity contribution is 5.98. The molecule has 2 aromatic carbocycles. The van der Waals surface area contributed by atoms with Crippen molar-refractivity contribution < 1.29 is 9.59 Å². The van der Waals surface area contributed by atoms with Crippen LogP contribution in [0.25, 0.3) is 10.8 Å².